The molecule has 0 saturated heterocycles. The SMILES string of the molecule is CN(C1CCCCC1)[C@](C)(N)C(=O)O. The molecule has 4 nitrogen and oxygen atoms in total. The van der Waals surface area contributed by atoms with Crippen molar-refractivity contribution in [2.24, 2.45) is 5.73 Å². The Hall–Kier alpha value is -0.610. The highest BCUT2D eigenvalue weighted by atomic mass is 16.4. The van der Waals surface area contributed by atoms with Gasteiger partial charge in [0.15, 0.2) is 5.66 Å². The van der Waals surface area contributed by atoms with Crippen LogP contribution in [0.25, 0.3) is 0 Å². The van der Waals surface area contributed by atoms with Crippen LogP contribution in [-0.2, 0) is 4.79 Å². The second-order valence-corrected chi connectivity index (χ2v) is 4.36. The topological polar surface area (TPSA) is 66.6 Å². The Morgan fingerprint density at radius 2 is 1.93 bits per heavy atom. The molecule has 0 amide bonds. The lowest BCUT2D eigenvalue weighted by molar-refractivity contribution is -0.151. The molecule has 0 aromatic heterocycles. The summed E-state index contributed by atoms with van der Waals surface area (Å²) in [5.41, 5.74) is 4.53. The summed E-state index contributed by atoms with van der Waals surface area (Å²) in [4.78, 5) is 12.7. The third-order valence-corrected chi connectivity index (χ3v) is 3.29. The second kappa shape index (κ2) is 4.28. The van der Waals surface area contributed by atoms with Gasteiger partial charge in [-0.05, 0) is 26.8 Å². The Labute approximate surface area is 85.1 Å². The Bertz CT molecular complexity index is 210. The third kappa shape index (κ3) is 2.25. The highest BCUT2D eigenvalue weighted by Gasteiger charge is 2.37. The van der Waals surface area contributed by atoms with Gasteiger partial charge in [0, 0.05) is 6.04 Å². The summed E-state index contributed by atoms with van der Waals surface area (Å²) >= 11 is 0. The van der Waals surface area contributed by atoms with Gasteiger partial charge >= 0.3 is 5.97 Å². The van der Waals surface area contributed by atoms with Crippen molar-refractivity contribution in [3.63, 3.8) is 0 Å². The van der Waals surface area contributed by atoms with Crippen molar-refractivity contribution < 1.29 is 9.90 Å². The molecule has 0 unspecified atom stereocenters. The molecule has 0 aromatic carbocycles. The van der Waals surface area contributed by atoms with Crippen LogP contribution in [0.1, 0.15) is 39.0 Å². The van der Waals surface area contributed by atoms with Crippen LogP contribution in [-0.4, -0.2) is 34.7 Å². The minimum absolute atomic E-state index is 0.329. The van der Waals surface area contributed by atoms with E-state index in [9.17, 15) is 4.79 Å². The molecular formula is C10H20N2O2. The molecule has 1 aliphatic carbocycles. The maximum absolute atomic E-state index is 10.9. The molecule has 1 aliphatic rings. The van der Waals surface area contributed by atoms with Crippen LogP contribution in [0.2, 0.25) is 0 Å². The molecule has 0 aromatic rings. The summed E-state index contributed by atoms with van der Waals surface area (Å²) in [6.07, 6.45) is 5.77. The Morgan fingerprint density at radius 1 is 1.43 bits per heavy atom. The van der Waals surface area contributed by atoms with Crippen LogP contribution in [0.5, 0.6) is 0 Å². The lowest BCUT2D eigenvalue weighted by atomic mass is 9.93. The quantitative estimate of drug-likeness (QED) is 0.667. The predicted molar refractivity (Wildman–Crippen MR) is 54.9 cm³/mol. The zero-order chi connectivity index (χ0) is 10.8. The predicted octanol–water partition coefficient (Wildman–Crippen LogP) is 1.01. The zero-order valence-corrected chi connectivity index (χ0v) is 8.99. The van der Waals surface area contributed by atoms with E-state index in [0.717, 1.165) is 12.8 Å². The fourth-order valence-corrected chi connectivity index (χ4v) is 2.00. The first-order valence-electron chi connectivity index (χ1n) is 5.21. The third-order valence-electron chi connectivity index (χ3n) is 3.29. The molecule has 0 bridgehead atoms. The first-order chi connectivity index (χ1) is 6.46. The normalized spacial score (nSPS) is 23.4. The molecule has 0 aliphatic heterocycles. The van der Waals surface area contributed by atoms with E-state index in [2.05, 4.69) is 0 Å². The largest absolute Gasteiger partial charge is 0.479 e. The Morgan fingerprint density at radius 3 is 2.36 bits per heavy atom. The van der Waals surface area contributed by atoms with Gasteiger partial charge in [-0.3, -0.25) is 4.90 Å². The lowest BCUT2D eigenvalue weighted by Gasteiger charge is -2.39. The molecule has 82 valence electrons. The van der Waals surface area contributed by atoms with Crippen LogP contribution in [0.3, 0.4) is 0 Å². The standard InChI is InChI=1S/C10H20N2O2/c1-10(11,9(13)14)12(2)8-6-4-3-5-7-8/h8H,3-7,11H2,1-2H3,(H,13,14)/t10-/m0/s1. The van der Waals surface area contributed by atoms with Crippen LogP contribution in [0.15, 0.2) is 0 Å². The van der Waals surface area contributed by atoms with E-state index in [1.165, 1.54) is 19.3 Å². The number of nitrogens with two attached hydrogens (primary N) is 1. The number of rotatable bonds is 3. The average Bonchev–Trinajstić information content (AvgIpc) is 2.17. The van der Waals surface area contributed by atoms with Gasteiger partial charge in [0.2, 0.25) is 0 Å². The number of nitrogens with zero attached hydrogens (tertiary/aromatic N) is 1. The van der Waals surface area contributed by atoms with Crippen LogP contribution >= 0.6 is 0 Å². The average molecular weight is 200 g/mol. The van der Waals surface area contributed by atoms with Gasteiger partial charge in [-0.1, -0.05) is 19.3 Å². The molecule has 1 rings (SSSR count). The summed E-state index contributed by atoms with van der Waals surface area (Å²) in [5, 5.41) is 8.98. The number of carboxylic acids is 1. The van der Waals surface area contributed by atoms with Gasteiger partial charge in [0.05, 0.1) is 0 Å². The monoisotopic (exact) mass is 200 g/mol. The van der Waals surface area contributed by atoms with E-state index in [1.54, 1.807) is 11.8 Å². The molecule has 1 atom stereocenters. The van der Waals surface area contributed by atoms with Crippen molar-refractivity contribution in [1.82, 2.24) is 4.90 Å². The van der Waals surface area contributed by atoms with Gasteiger partial charge in [0.1, 0.15) is 0 Å². The number of aliphatic carboxylic acids is 1. The highest BCUT2D eigenvalue weighted by molar-refractivity contribution is 5.77. The summed E-state index contributed by atoms with van der Waals surface area (Å²) in [5.74, 6) is -0.953. The molecular weight excluding hydrogens is 180 g/mol. The maximum Gasteiger partial charge on any atom is 0.338 e. The van der Waals surface area contributed by atoms with E-state index in [1.807, 2.05) is 7.05 Å². The van der Waals surface area contributed by atoms with E-state index >= 15 is 0 Å². The van der Waals surface area contributed by atoms with Gasteiger partial charge < -0.3 is 10.8 Å². The van der Waals surface area contributed by atoms with Crippen molar-refractivity contribution >= 4 is 5.97 Å². The van der Waals surface area contributed by atoms with Crippen molar-refractivity contribution in [2.45, 2.75) is 50.7 Å². The summed E-state index contributed by atoms with van der Waals surface area (Å²) in [7, 11) is 1.81. The Balaban J connectivity index is 2.62. The minimum Gasteiger partial charge on any atom is -0.479 e. The summed E-state index contributed by atoms with van der Waals surface area (Å²) < 4.78 is 0. The first-order valence-corrected chi connectivity index (χ1v) is 5.21. The number of likely N-dealkylation sites (N-methyl/N-ethyl adjacent to an activating group) is 1. The first kappa shape index (κ1) is 11.5. The fraction of sp³-hybridized carbons (Fsp3) is 0.900. The van der Waals surface area contributed by atoms with Crippen LogP contribution in [0, 0.1) is 0 Å². The van der Waals surface area contributed by atoms with Crippen molar-refractivity contribution in [3.05, 3.63) is 0 Å². The number of hydrogen-bond donors (Lipinski definition) is 2. The molecule has 4 heteroatoms. The van der Waals surface area contributed by atoms with Crippen LogP contribution < -0.4 is 5.73 Å². The number of hydrogen-bond acceptors (Lipinski definition) is 3. The fourth-order valence-electron chi connectivity index (χ4n) is 2.00. The van der Waals surface area contributed by atoms with Crippen molar-refractivity contribution in [3.8, 4) is 0 Å². The zero-order valence-electron chi connectivity index (χ0n) is 8.99. The van der Waals surface area contributed by atoms with Crippen molar-refractivity contribution in [1.29, 1.82) is 0 Å². The maximum atomic E-state index is 10.9. The second-order valence-electron chi connectivity index (χ2n) is 4.36. The number of carbonyl (C=O) groups is 1. The molecule has 0 spiro atoms. The van der Waals surface area contributed by atoms with Crippen LogP contribution in [0.4, 0.5) is 0 Å². The molecule has 0 radical (unpaired) electrons. The van der Waals surface area contributed by atoms with E-state index < -0.39 is 11.6 Å². The highest BCUT2D eigenvalue weighted by Crippen LogP contribution is 2.24. The molecule has 3 N–H and O–H groups in total. The molecule has 14 heavy (non-hydrogen) atoms. The van der Waals surface area contributed by atoms with Gasteiger partial charge in [0.25, 0.3) is 0 Å². The Kier molecular flexibility index (Phi) is 3.50. The van der Waals surface area contributed by atoms with E-state index in [0.29, 0.717) is 6.04 Å². The van der Waals surface area contributed by atoms with Gasteiger partial charge in [-0.25, -0.2) is 4.79 Å². The van der Waals surface area contributed by atoms with Gasteiger partial charge in [-0.2, -0.15) is 0 Å². The van der Waals surface area contributed by atoms with E-state index in [4.69, 9.17) is 10.8 Å². The van der Waals surface area contributed by atoms with Gasteiger partial charge in [-0.15, -0.1) is 0 Å². The summed E-state index contributed by atoms with van der Waals surface area (Å²) in [6.45, 7) is 1.56. The molecule has 1 fully saturated rings. The minimum atomic E-state index is -1.23. The lowest BCUT2D eigenvalue weighted by Crippen LogP contribution is -2.61. The number of carboxylic acid groups (broad SMARTS) is 1. The molecule has 0 heterocycles. The van der Waals surface area contributed by atoms with Crippen molar-refractivity contribution in [2.75, 3.05) is 7.05 Å². The summed E-state index contributed by atoms with van der Waals surface area (Å²) in [6, 6.07) is 0.329. The van der Waals surface area contributed by atoms with E-state index in [-0.39, 0.29) is 0 Å². The molecule has 1 saturated carbocycles. The smallest absolute Gasteiger partial charge is 0.338 e.